The van der Waals surface area contributed by atoms with Crippen LogP contribution in [0.3, 0.4) is 0 Å². The van der Waals surface area contributed by atoms with Crippen LogP contribution in [-0.2, 0) is 4.79 Å². The largest absolute Gasteiger partial charge is 0.373 e. The lowest BCUT2D eigenvalue weighted by Crippen LogP contribution is -2.35. The molecule has 0 aliphatic heterocycles. The lowest BCUT2D eigenvalue weighted by atomic mass is 10.1. The van der Waals surface area contributed by atoms with Crippen LogP contribution >= 0.6 is 0 Å². The number of aromatic nitrogens is 1. The summed E-state index contributed by atoms with van der Waals surface area (Å²) in [7, 11) is 1.75. The van der Waals surface area contributed by atoms with Crippen molar-refractivity contribution in [1.82, 2.24) is 10.3 Å². The van der Waals surface area contributed by atoms with E-state index in [2.05, 4.69) is 15.6 Å². The molecule has 6 nitrogen and oxygen atoms in total. The maximum atomic E-state index is 12.2. The first-order valence-electron chi connectivity index (χ1n) is 6.62. The normalized spacial score (nSPS) is 12.1. The van der Waals surface area contributed by atoms with E-state index >= 15 is 0 Å². The van der Waals surface area contributed by atoms with Gasteiger partial charge in [-0.05, 0) is 25.0 Å². The first kappa shape index (κ1) is 15.9. The van der Waals surface area contributed by atoms with E-state index in [1.807, 2.05) is 13.8 Å². The van der Waals surface area contributed by atoms with Crippen LogP contribution in [0.25, 0.3) is 0 Å². The second kappa shape index (κ2) is 6.88. The molecule has 110 valence electrons. The Morgan fingerprint density at radius 3 is 2.45 bits per heavy atom. The highest BCUT2D eigenvalue weighted by Crippen LogP contribution is 2.17. The third-order valence-corrected chi connectivity index (χ3v) is 2.84. The lowest BCUT2D eigenvalue weighted by Gasteiger charge is -2.14. The van der Waals surface area contributed by atoms with Gasteiger partial charge in [0.2, 0.25) is 5.91 Å². The Labute approximate surface area is 119 Å². The van der Waals surface area contributed by atoms with Gasteiger partial charge in [-0.1, -0.05) is 13.8 Å². The Morgan fingerprint density at radius 1 is 1.30 bits per heavy atom. The minimum atomic E-state index is -0.439. The quantitative estimate of drug-likeness (QED) is 0.729. The van der Waals surface area contributed by atoms with Gasteiger partial charge in [0.1, 0.15) is 5.82 Å². The molecule has 0 spiro atoms. The van der Waals surface area contributed by atoms with Crippen molar-refractivity contribution in [2.24, 2.45) is 5.73 Å². The third-order valence-electron chi connectivity index (χ3n) is 2.84. The Kier molecular flexibility index (Phi) is 5.49. The molecule has 1 rings (SSSR count). The third kappa shape index (κ3) is 4.53. The zero-order valence-corrected chi connectivity index (χ0v) is 12.4. The Bertz CT molecular complexity index is 500. The first-order chi connectivity index (χ1) is 9.33. The van der Waals surface area contributed by atoms with Crippen molar-refractivity contribution >= 4 is 17.6 Å². The van der Waals surface area contributed by atoms with E-state index in [9.17, 15) is 9.59 Å². The summed E-state index contributed by atoms with van der Waals surface area (Å²) >= 11 is 0. The molecule has 0 saturated heterocycles. The zero-order valence-electron chi connectivity index (χ0n) is 12.4. The number of nitrogens with one attached hydrogen (secondary N) is 2. The van der Waals surface area contributed by atoms with Crippen molar-refractivity contribution in [2.45, 2.75) is 39.2 Å². The minimum Gasteiger partial charge on any atom is -0.373 e. The highest BCUT2D eigenvalue weighted by Gasteiger charge is 2.14. The molecule has 0 saturated carbocycles. The summed E-state index contributed by atoms with van der Waals surface area (Å²) in [5, 5.41) is 5.69. The van der Waals surface area contributed by atoms with Crippen LogP contribution in [0.4, 0.5) is 5.82 Å². The van der Waals surface area contributed by atoms with E-state index in [1.54, 1.807) is 26.1 Å². The van der Waals surface area contributed by atoms with Gasteiger partial charge in [0, 0.05) is 30.8 Å². The number of anilines is 1. The van der Waals surface area contributed by atoms with Crippen LogP contribution in [0.1, 0.15) is 49.2 Å². The van der Waals surface area contributed by atoms with Gasteiger partial charge >= 0.3 is 0 Å². The highest BCUT2D eigenvalue weighted by molar-refractivity contribution is 5.95. The molecule has 4 N–H and O–H groups in total. The summed E-state index contributed by atoms with van der Waals surface area (Å²) < 4.78 is 0. The monoisotopic (exact) mass is 278 g/mol. The van der Waals surface area contributed by atoms with Crippen LogP contribution in [0, 0.1) is 0 Å². The number of nitrogens with zero attached hydrogens (tertiary/aromatic N) is 1. The predicted molar refractivity (Wildman–Crippen MR) is 78.6 cm³/mol. The molecular formula is C14H22N4O2. The fourth-order valence-electron chi connectivity index (χ4n) is 1.77. The minimum absolute atomic E-state index is 0.118. The first-order valence-corrected chi connectivity index (χ1v) is 6.62. The molecule has 1 unspecified atom stereocenters. The van der Waals surface area contributed by atoms with E-state index in [1.165, 1.54) is 0 Å². The van der Waals surface area contributed by atoms with Crippen LogP contribution < -0.4 is 16.4 Å². The van der Waals surface area contributed by atoms with Gasteiger partial charge in [0.25, 0.3) is 5.91 Å². The van der Waals surface area contributed by atoms with Crippen LogP contribution in [0.2, 0.25) is 0 Å². The number of rotatable bonds is 6. The molecule has 0 aromatic carbocycles. The van der Waals surface area contributed by atoms with Gasteiger partial charge in [-0.25, -0.2) is 4.98 Å². The molecule has 1 aromatic heterocycles. The van der Waals surface area contributed by atoms with Crippen molar-refractivity contribution in [3.63, 3.8) is 0 Å². The maximum absolute atomic E-state index is 12.2. The molecule has 1 aromatic rings. The molecule has 0 aliphatic carbocycles. The average molecular weight is 278 g/mol. The van der Waals surface area contributed by atoms with Crippen molar-refractivity contribution in [3.8, 4) is 0 Å². The fourth-order valence-corrected chi connectivity index (χ4v) is 1.77. The van der Waals surface area contributed by atoms with Crippen LogP contribution in [-0.4, -0.2) is 29.9 Å². The van der Waals surface area contributed by atoms with Gasteiger partial charge in [0.15, 0.2) is 0 Å². The number of primary amides is 1. The standard InChI is InChI=1S/C14H22N4O2/c1-8(2)11-6-10(7-13(16-4)18-11)14(20)17-9(3)5-12(15)19/h6-9H,5H2,1-4H3,(H2,15,19)(H,16,18)(H,17,20). The van der Waals surface area contributed by atoms with E-state index in [0.29, 0.717) is 11.4 Å². The van der Waals surface area contributed by atoms with Crippen LogP contribution in [0.5, 0.6) is 0 Å². The summed E-state index contributed by atoms with van der Waals surface area (Å²) in [6, 6.07) is 3.14. The van der Waals surface area contributed by atoms with Gasteiger partial charge in [0.05, 0.1) is 0 Å². The Morgan fingerprint density at radius 2 is 1.95 bits per heavy atom. The zero-order chi connectivity index (χ0) is 15.3. The number of pyridine rings is 1. The van der Waals surface area contributed by atoms with Crippen LogP contribution in [0.15, 0.2) is 12.1 Å². The molecule has 1 heterocycles. The van der Waals surface area contributed by atoms with Gasteiger partial charge in [-0.15, -0.1) is 0 Å². The maximum Gasteiger partial charge on any atom is 0.251 e. The lowest BCUT2D eigenvalue weighted by molar-refractivity contribution is -0.118. The molecule has 2 amide bonds. The number of amides is 2. The molecule has 6 heteroatoms. The smallest absolute Gasteiger partial charge is 0.251 e. The molecule has 1 atom stereocenters. The molecule has 0 radical (unpaired) electrons. The summed E-state index contributed by atoms with van der Waals surface area (Å²) in [4.78, 5) is 27.4. The molecule has 20 heavy (non-hydrogen) atoms. The number of carbonyl (C=O) groups excluding carboxylic acids is 2. The molecule has 0 aliphatic rings. The summed E-state index contributed by atoms with van der Waals surface area (Å²) in [5.74, 6) is 0.188. The molecular weight excluding hydrogens is 256 g/mol. The predicted octanol–water partition coefficient (Wildman–Crippen LogP) is 1.24. The van der Waals surface area contributed by atoms with Crippen molar-refractivity contribution in [1.29, 1.82) is 0 Å². The molecule has 0 fully saturated rings. The number of hydrogen-bond acceptors (Lipinski definition) is 4. The summed E-state index contributed by atoms with van der Waals surface area (Å²) in [6.07, 6.45) is 0.118. The van der Waals surface area contributed by atoms with E-state index in [4.69, 9.17) is 5.73 Å². The average Bonchev–Trinajstić information content (AvgIpc) is 2.36. The summed E-state index contributed by atoms with van der Waals surface area (Å²) in [6.45, 7) is 5.77. The van der Waals surface area contributed by atoms with Crippen molar-refractivity contribution in [2.75, 3.05) is 12.4 Å². The second-order valence-corrected chi connectivity index (χ2v) is 5.12. The van der Waals surface area contributed by atoms with Gasteiger partial charge in [-0.3, -0.25) is 9.59 Å². The van der Waals surface area contributed by atoms with E-state index < -0.39 is 5.91 Å². The van der Waals surface area contributed by atoms with Crippen molar-refractivity contribution < 1.29 is 9.59 Å². The van der Waals surface area contributed by atoms with E-state index in [-0.39, 0.29) is 24.3 Å². The highest BCUT2D eigenvalue weighted by atomic mass is 16.2. The fraction of sp³-hybridized carbons (Fsp3) is 0.500. The topological polar surface area (TPSA) is 97.1 Å². The summed E-state index contributed by atoms with van der Waals surface area (Å²) in [5.41, 5.74) is 6.46. The van der Waals surface area contributed by atoms with Crippen molar-refractivity contribution in [3.05, 3.63) is 23.4 Å². The Balaban J connectivity index is 2.91. The number of nitrogens with two attached hydrogens (primary N) is 1. The number of hydrogen-bond donors (Lipinski definition) is 3. The van der Waals surface area contributed by atoms with E-state index in [0.717, 1.165) is 5.69 Å². The SMILES string of the molecule is CNc1cc(C(=O)NC(C)CC(N)=O)cc(C(C)C)n1. The Hall–Kier alpha value is -2.11. The van der Waals surface area contributed by atoms with Gasteiger partial charge in [-0.2, -0.15) is 0 Å². The second-order valence-electron chi connectivity index (χ2n) is 5.12. The van der Waals surface area contributed by atoms with Gasteiger partial charge < -0.3 is 16.4 Å². The number of carbonyl (C=O) groups is 2. The molecule has 0 bridgehead atoms.